The summed E-state index contributed by atoms with van der Waals surface area (Å²) in [6.45, 7) is 2.79. The molecule has 106 valence electrons. The number of amides is 1. The highest BCUT2D eigenvalue weighted by Gasteiger charge is 2.16. The Bertz CT molecular complexity index is 620. The topological polar surface area (TPSA) is 67.2 Å². The first-order valence-corrected chi connectivity index (χ1v) is 7.84. The Labute approximate surface area is 121 Å². The van der Waals surface area contributed by atoms with Crippen LogP contribution in [0.4, 0.5) is 5.69 Å². The minimum absolute atomic E-state index is 0.0283. The number of rotatable bonds is 3. The number of benzene rings is 1. The number of oxazole rings is 1. The number of aromatic nitrogens is 1. The first-order valence-electron chi connectivity index (χ1n) is 6.69. The summed E-state index contributed by atoms with van der Waals surface area (Å²) < 4.78 is 5.46. The van der Waals surface area contributed by atoms with Crippen LogP contribution >= 0.6 is 11.8 Å². The third-order valence-electron chi connectivity index (χ3n) is 3.21. The zero-order valence-electron chi connectivity index (χ0n) is 11.3. The van der Waals surface area contributed by atoms with E-state index in [1.165, 1.54) is 0 Å². The number of nitrogens with one attached hydrogen (secondary N) is 2. The van der Waals surface area contributed by atoms with Gasteiger partial charge in [0, 0.05) is 49.2 Å². The van der Waals surface area contributed by atoms with Crippen molar-refractivity contribution in [2.75, 3.05) is 23.4 Å². The summed E-state index contributed by atoms with van der Waals surface area (Å²) in [6, 6.07) is 5.79. The first kappa shape index (κ1) is 13.5. The van der Waals surface area contributed by atoms with Gasteiger partial charge in [0.05, 0.1) is 0 Å². The van der Waals surface area contributed by atoms with E-state index in [1.54, 1.807) is 0 Å². The smallest absolute Gasteiger partial charge is 0.225 e. The van der Waals surface area contributed by atoms with Crippen molar-refractivity contribution in [1.29, 1.82) is 0 Å². The van der Waals surface area contributed by atoms with Gasteiger partial charge in [0.2, 0.25) is 5.91 Å². The second-order valence-corrected chi connectivity index (χ2v) is 6.04. The lowest BCUT2D eigenvalue weighted by Crippen LogP contribution is -2.39. The van der Waals surface area contributed by atoms with Crippen molar-refractivity contribution in [3.05, 3.63) is 24.1 Å². The largest absolute Gasteiger partial charge is 0.441 e. The highest BCUT2D eigenvalue weighted by atomic mass is 32.2. The Morgan fingerprint density at radius 3 is 3.30 bits per heavy atom. The minimum Gasteiger partial charge on any atom is -0.441 e. The molecule has 2 aromatic rings. The molecule has 0 aliphatic carbocycles. The van der Waals surface area contributed by atoms with Crippen LogP contribution in [-0.4, -0.2) is 35.0 Å². The molecule has 1 atom stereocenters. The van der Waals surface area contributed by atoms with Crippen molar-refractivity contribution in [2.45, 2.75) is 19.4 Å². The number of fused-ring (bicyclic) bond motifs is 1. The van der Waals surface area contributed by atoms with Crippen LogP contribution in [0.1, 0.15) is 12.3 Å². The number of anilines is 1. The lowest BCUT2D eigenvalue weighted by Gasteiger charge is -2.22. The van der Waals surface area contributed by atoms with Gasteiger partial charge < -0.3 is 15.1 Å². The minimum atomic E-state index is 0.0283. The van der Waals surface area contributed by atoms with Crippen LogP contribution in [0.3, 0.4) is 0 Å². The first-order chi connectivity index (χ1) is 9.70. The number of thioether (sulfide) groups is 1. The summed E-state index contributed by atoms with van der Waals surface area (Å²) in [7, 11) is 0. The molecule has 2 heterocycles. The van der Waals surface area contributed by atoms with Crippen molar-refractivity contribution in [3.63, 3.8) is 0 Å². The van der Waals surface area contributed by atoms with Crippen LogP contribution in [0.5, 0.6) is 0 Å². The number of hydrogen-bond acceptors (Lipinski definition) is 5. The second kappa shape index (κ2) is 5.85. The maximum absolute atomic E-state index is 12.0. The van der Waals surface area contributed by atoms with Crippen molar-refractivity contribution in [3.8, 4) is 0 Å². The molecule has 1 aromatic carbocycles. The van der Waals surface area contributed by atoms with Gasteiger partial charge in [-0.05, 0) is 12.1 Å². The van der Waals surface area contributed by atoms with E-state index < -0.39 is 0 Å². The highest BCUT2D eigenvalue weighted by molar-refractivity contribution is 7.99. The average Bonchev–Trinajstić information content (AvgIpc) is 2.79. The molecule has 1 saturated heterocycles. The standard InChI is InChI=1S/C14H17N3O2S/c1-9-16-12-3-2-10(6-13(12)19-9)17-14(18)7-11-8-20-5-4-15-11/h2-3,6,11,15H,4-5,7-8H2,1H3,(H,17,18). The number of carbonyl (C=O) groups excluding carboxylic acids is 1. The Morgan fingerprint density at radius 1 is 1.60 bits per heavy atom. The molecule has 1 unspecified atom stereocenters. The van der Waals surface area contributed by atoms with Gasteiger partial charge >= 0.3 is 0 Å². The summed E-state index contributed by atoms with van der Waals surface area (Å²) in [4.78, 5) is 16.3. The number of hydrogen-bond donors (Lipinski definition) is 2. The van der Waals surface area contributed by atoms with E-state index in [4.69, 9.17) is 4.42 Å². The van der Waals surface area contributed by atoms with Crippen LogP contribution < -0.4 is 10.6 Å². The summed E-state index contributed by atoms with van der Waals surface area (Å²) in [6.07, 6.45) is 0.500. The maximum atomic E-state index is 12.0. The molecule has 0 spiro atoms. The van der Waals surface area contributed by atoms with Gasteiger partial charge in [-0.2, -0.15) is 11.8 Å². The quantitative estimate of drug-likeness (QED) is 0.907. The van der Waals surface area contributed by atoms with Crippen LogP contribution in [0, 0.1) is 6.92 Å². The van der Waals surface area contributed by atoms with Gasteiger partial charge in [-0.15, -0.1) is 0 Å². The summed E-state index contributed by atoms with van der Waals surface area (Å²) in [5.74, 6) is 2.78. The van der Waals surface area contributed by atoms with Crippen molar-refractivity contribution < 1.29 is 9.21 Å². The summed E-state index contributed by atoms with van der Waals surface area (Å²) >= 11 is 1.89. The van der Waals surface area contributed by atoms with Crippen molar-refractivity contribution in [2.24, 2.45) is 0 Å². The second-order valence-electron chi connectivity index (χ2n) is 4.89. The summed E-state index contributed by atoms with van der Waals surface area (Å²) in [5, 5.41) is 6.27. The maximum Gasteiger partial charge on any atom is 0.225 e. The van der Waals surface area contributed by atoms with Crippen LogP contribution in [0.15, 0.2) is 22.6 Å². The van der Waals surface area contributed by atoms with E-state index in [2.05, 4.69) is 15.6 Å². The van der Waals surface area contributed by atoms with Crippen LogP contribution in [0.25, 0.3) is 11.1 Å². The molecule has 0 radical (unpaired) electrons. The van der Waals surface area contributed by atoms with Gasteiger partial charge in [-0.25, -0.2) is 4.98 Å². The molecule has 20 heavy (non-hydrogen) atoms. The number of aryl methyl sites for hydroxylation is 1. The molecule has 1 amide bonds. The van der Waals surface area contributed by atoms with E-state index >= 15 is 0 Å². The molecule has 6 heteroatoms. The fourth-order valence-corrected chi connectivity index (χ4v) is 3.25. The molecular weight excluding hydrogens is 274 g/mol. The highest BCUT2D eigenvalue weighted by Crippen LogP contribution is 2.20. The van der Waals surface area contributed by atoms with E-state index in [0.29, 0.717) is 17.9 Å². The molecule has 1 aliphatic rings. The lowest BCUT2D eigenvalue weighted by atomic mass is 10.2. The summed E-state index contributed by atoms with van der Waals surface area (Å²) in [5.41, 5.74) is 2.26. The Kier molecular flexibility index (Phi) is 3.93. The molecule has 5 nitrogen and oxygen atoms in total. The molecule has 0 bridgehead atoms. The van der Waals surface area contributed by atoms with Gasteiger partial charge in [0.15, 0.2) is 11.5 Å². The number of carbonyl (C=O) groups is 1. The molecule has 1 aromatic heterocycles. The average molecular weight is 291 g/mol. The van der Waals surface area contributed by atoms with E-state index in [-0.39, 0.29) is 11.9 Å². The van der Waals surface area contributed by atoms with E-state index in [1.807, 2.05) is 36.9 Å². The predicted octanol–water partition coefficient (Wildman–Crippen LogP) is 2.17. The monoisotopic (exact) mass is 291 g/mol. The molecule has 1 aliphatic heterocycles. The SMILES string of the molecule is Cc1nc2ccc(NC(=O)CC3CSCCN3)cc2o1. The third-order valence-corrected chi connectivity index (χ3v) is 4.34. The third kappa shape index (κ3) is 3.13. The van der Waals surface area contributed by atoms with E-state index in [0.717, 1.165) is 29.3 Å². The fraction of sp³-hybridized carbons (Fsp3) is 0.429. The molecular formula is C14H17N3O2S. The normalized spacial score (nSPS) is 19.1. The van der Waals surface area contributed by atoms with Crippen molar-refractivity contribution >= 4 is 34.5 Å². The van der Waals surface area contributed by atoms with Gasteiger partial charge in [0.1, 0.15) is 5.52 Å². The lowest BCUT2D eigenvalue weighted by molar-refractivity contribution is -0.116. The molecule has 1 fully saturated rings. The zero-order chi connectivity index (χ0) is 13.9. The van der Waals surface area contributed by atoms with Gasteiger partial charge in [-0.1, -0.05) is 0 Å². The predicted molar refractivity (Wildman–Crippen MR) is 81.1 cm³/mol. The Hall–Kier alpha value is -1.53. The van der Waals surface area contributed by atoms with Gasteiger partial charge in [0.25, 0.3) is 0 Å². The zero-order valence-corrected chi connectivity index (χ0v) is 12.1. The Morgan fingerprint density at radius 2 is 2.50 bits per heavy atom. The van der Waals surface area contributed by atoms with Crippen LogP contribution in [0.2, 0.25) is 0 Å². The van der Waals surface area contributed by atoms with Crippen LogP contribution in [-0.2, 0) is 4.79 Å². The van der Waals surface area contributed by atoms with Crippen molar-refractivity contribution in [1.82, 2.24) is 10.3 Å². The molecule has 3 rings (SSSR count). The number of nitrogens with zero attached hydrogens (tertiary/aromatic N) is 1. The molecule has 2 N–H and O–H groups in total. The van der Waals surface area contributed by atoms with Gasteiger partial charge in [-0.3, -0.25) is 4.79 Å². The van der Waals surface area contributed by atoms with E-state index in [9.17, 15) is 4.79 Å². The fourth-order valence-electron chi connectivity index (χ4n) is 2.30. The molecule has 0 saturated carbocycles. The Balaban J connectivity index is 1.64.